The third-order valence-corrected chi connectivity index (χ3v) is 6.76. The van der Waals surface area contributed by atoms with Crippen molar-refractivity contribution in [1.82, 2.24) is 10.2 Å². The lowest BCUT2D eigenvalue weighted by Gasteiger charge is -2.23. The third-order valence-electron chi connectivity index (χ3n) is 5.04. The first-order valence-electron chi connectivity index (χ1n) is 9.90. The molecule has 33 heavy (non-hydrogen) atoms. The molecule has 1 aliphatic rings. The van der Waals surface area contributed by atoms with Crippen LogP contribution in [0.1, 0.15) is 11.1 Å². The van der Waals surface area contributed by atoms with Crippen LogP contribution < -0.4 is 10.1 Å². The second kappa shape index (κ2) is 11.5. The number of hydrogen-bond acceptors (Lipinski definition) is 6. The van der Waals surface area contributed by atoms with Crippen LogP contribution >= 0.6 is 35.0 Å². The van der Waals surface area contributed by atoms with Crippen molar-refractivity contribution >= 4 is 52.9 Å². The van der Waals surface area contributed by atoms with Gasteiger partial charge in [0.05, 0.1) is 13.0 Å². The summed E-state index contributed by atoms with van der Waals surface area (Å²) in [6.07, 6.45) is -1.01. The predicted octanol–water partition coefficient (Wildman–Crippen LogP) is 3.83. The molecule has 0 unspecified atom stereocenters. The lowest BCUT2D eigenvalue weighted by molar-refractivity contribution is -0.145. The molecule has 11 heteroatoms. The summed E-state index contributed by atoms with van der Waals surface area (Å²) in [4.78, 5) is 37.2. The number of carbonyl (C=O) groups is 3. The van der Waals surface area contributed by atoms with Gasteiger partial charge in [0.1, 0.15) is 24.4 Å². The Morgan fingerprint density at radius 1 is 1.18 bits per heavy atom. The minimum absolute atomic E-state index is 0.169. The number of halogens is 2. The van der Waals surface area contributed by atoms with Crippen LogP contribution in [0, 0.1) is 0 Å². The van der Waals surface area contributed by atoms with Gasteiger partial charge in [0.25, 0.3) is 0 Å². The molecular weight excluding hydrogens is 491 g/mol. The zero-order valence-corrected chi connectivity index (χ0v) is 20.0. The van der Waals surface area contributed by atoms with Crippen LogP contribution in [0.15, 0.2) is 42.5 Å². The zero-order chi connectivity index (χ0) is 24.0. The molecular formula is C22H22Cl2N2O6S. The van der Waals surface area contributed by atoms with Crippen LogP contribution in [0.25, 0.3) is 0 Å². The number of hydrogen-bond donors (Lipinski definition) is 2. The van der Waals surface area contributed by atoms with Gasteiger partial charge in [-0.05, 0) is 29.8 Å². The topological polar surface area (TPSA) is 105 Å². The van der Waals surface area contributed by atoms with E-state index in [2.05, 4.69) is 5.32 Å². The molecule has 2 N–H and O–H groups in total. The third kappa shape index (κ3) is 6.46. The number of methoxy groups -OCH3 is 1. The summed E-state index contributed by atoms with van der Waals surface area (Å²) in [5, 5.41) is 12.9. The molecule has 0 radical (unpaired) electrons. The van der Waals surface area contributed by atoms with Gasteiger partial charge in [-0.15, -0.1) is 11.8 Å². The Morgan fingerprint density at radius 3 is 2.45 bits per heavy atom. The SMILES string of the molecule is COC(=O)[C@H](Cc1ccc(OCc2c(Cl)cccc2Cl)cc1)NC(=O)[C@@H]1CSCN1C(=O)O. The Hall–Kier alpha value is -2.62. The summed E-state index contributed by atoms with van der Waals surface area (Å²) in [5.41, 5.74) is 1.43. The summed E-state index contributed by atoms with van der Waals surface area (Å²) in [7, 11) is 1.23. The zero-order valence-electron chi connectivity index (χ0n) is 17.6. The molecule has 2 amide bonds. The van der Waals surface area contributed by atoms with Gasteiger partial charge in [0.15, 0.2) is 0 Å². The van der Waals surface area contributed by atoms with Crippen molar-refractivity contribution in [3.05, 3.63) is 63.6 Å². The highest BCUT2D eigenvalue weighted by Gasteiger charge is 2.36. The maximum atomic E-state index is 12.6. The monoisotopic (exact) mass is 512 g/mol. The largest absolute Gasteiger partial charge is 0.489 e. The summed E-state index contributed by atoms with van der Waals surface area (Å²) < 4.78 is 10.6. The molecule has 0 aromatic heterocycles. The highest BCUT2D eigenvalue weighted by molar-refractivity contribution is 7.99. The maximum Gasteiger partial charge on any atom is 0.408 e. The first-order valence-corrected chi connectivity index (χ1v) is 11.8. The maximum absolute atomic E-state index is 12.6. The van der Waals surface area contributed by atoms with Gasteiger partial charge in [0, 0.05) is 27.8 Å². The van der Waals surface area contributed by atoms with Crippen LogP contribution in [-0.4, -0.2) is 58.8 Å². The van der Waals surface area contributed by atoms with E-state index in [-0.39, 0.29) is 18.9 Å². The van der Waals surface area contributed by atoms with Gasteiger partial charge in [-0.1, -0.05) is 41.4 Å². The number of amides is 2. The number of esters is 1. The highest BCUT2D eigenvalue weighted by atomic mass is 35.5. The van der Waals surface area contributed by atoms with Crippen molar-refractivity contribution in [3.8, 4) is 5.75 Å². The molecule has 1 saturated heterocycles. The lowest BCUT2D eigenvalue weighted by Crippen LogP contribution is -2.52. The van der Waals surface area contributed by atoms with Gasteiger partial charge >= 0.3 is 12.1 Å². The number of carboxylic acid groups (broad SMARTS) is 1. The Morgan fingerprint density at radius 2 is 1.85 bits per heavy atom. The Kier molecular flexibility index (Phi) is 8.71. The van der Waals surface area contributed by atoms with E-state index in [4.69, 9.17) is 32.7 Å². The molecule has 2 aromatic rings. The molecule has 2 atom stereocenters. The van der Waals surface area contributed by atoms with Gasteiger partial charge in [-0.2, -0.15) is 0 Å². The number of ether oxygens (including phenoxy) is 2. The second-order valence-corrected chi connectivity index (χ2v) is 9.00. The number of benzene rings is 2. The molecule has 0 aliphatic carbocycles. The van der Waals surface area contributed by atoms with Crippen molar-refractivity contribution in [1.29, 1.82) is 0 Å². The average Bonchev–Trinajstić information content (AvgIpc) is 3.29. The van der Waals surface area contributed by atoms with Gasteiger partial charge in [-0.25, -0.2) is 9.59 Å². The summed E-state index contributed by atoms with van der Waals surface area (Å²) in [6.45, 7) is 0.193. The standard InChI is InChI=1S/C22H22Cl2N2O6S/c1-31-21(28)18(25-20(27)19-11-33-12-26(19)22(29)30)9-13-5-7-14(8-6-13)32-10-15-16(23)3-2-4-17(15)24/h2-8,18-19H,9-12H2,1H3,(H,25,27)(H,29,30)/t18-,19-/m0/s1. The van der Waals surface area contributed by atoms with E-state index in [9.17, 15) is 19.5 Å². The van der Waals surface area contributed by atoms with Crippen LogP contribution in [-0.2, 0) is 27.4 Å². The fraction of sp³-hybridized carbons (Fsp3) is 0.318. The smallest absolute Gasteiger partial charge is 0.408 e. The van der Waals surface area contributed by atoms with Crippen molar-refractivity contribution < 1.29 is 29.0 Å². The fourth-order valence-electron chi connectivity index (χ4n) is 3.24. The van der Waals surface area contributed by atoms with E-state index in [1.54, 1.807) is 42.5 Å². The summed E-state index contributed by atoms with van der Waals surface area (Å²) in [5.74, 6) is -0.0440. The minimum Gasteiger partial charge on any atom is -0.489 e. The predicted molar refractivity (Wildman–Crippen MR) is 126 cm³/mol. The minimum atomic E-state index is -1.18. The van der Waals surface area contributed by atoms with Crippen LogP contribution in [0.5, 0.6) is 5.75 Å². The van der Waals surface area contributed by atoms with Crippen molar-refractivity contribution in [3.63, 3.8) is 0 Å². The molecule has 0 spiro atoms. The molecule has 2 aromatic carbocycles. The molecule has 0 saturated carbocycles. The summed E-state index contributed by atoms with van der Waals surface area (Å²) in [6, 6.07) is 10.4. The van der Waals surface area contributed by atoms with Gasteiger partial charge in [0.2, 0.25) is 5.91 Å². The van der Waals surface area contributed by atoms with E-state index >= 15 is 0 Å². The van der Waals surface area contributed by atoms with Crippen molar-refractivity contribution in [2.24, 2.45) is 0 Å². The first kappa shape index (κ1) is 25.0. The summed E-state index contributed by atoms with van der Waals surface area (Å²) >= 11 is 13.6. The Bertz CT molecular complexity index is 1000. The molecule has 1 fully saturated rings. The van der Waals surface area contributed by atoms with Gasteiger partial charge in [-0.3, -0.25) is 9.69 Å². The first-order chi connectivity index (χ1) is 15.8. The average molecular weight is 513 g/mol. The van der Waals surface area contributed by atoms with Crippen LogP contribution in [0.2, 0.25) is 10.0 Å². The van der Waals surface area contributed by atoms with E-state index in [1.165, 1.54) is 18.9 Å². The van der Waals surface area contributed by atoms with Crippen molar-refractivity contribution in [2.75, 3.05) is 18.7 Å². The normalized spacial score (nSPS) is 16.2. The molecule has 8 nitrogen and oxygen atoms in total. The van der Waals surface area contributed by atoms with Gasteiger partial charge < -0.3 is 19.9 Å². The lowest BCUT2D eigenvalue weighted by atomic mass is 10.1. The number of thioether (sulfide) groups is 1. The molecule has 0 bridgehead atoms. The van der Waals surface area contributed by atoms with E-state index in [1.807, 2.05) is 0 Å². The number of carbonyl (C=O) groups excluding carboxylic acids is 2. The molecule has 1 aliphatic heterocycles. The van der Waals surface area contributed by atoms with Crippen LogP contribution in [0.4, 0.5) is 4.79 Å². The number of nitrogens with one attached hydrogen (secondary N) is 1. The highest BCUT2D eigenvalue weighted by Crippen LogP contribution is 2.26. The van der Waals surface area contributed by atoms with E-state index in [0.717, 1.165) is 10.5 Å². The number of nitrogens with zero attached hydrogens (tertiary/aromatic N) is 1. The van der Waals surface area contributed by atoms with E-state index < -0.39 is 30.1 Å². The van der Waals surface area contributed by atoms with Crippen LogP contribution in [0.3, 0.4) is 0 Å². The molecule has 176 valence electrons. The molecule has 1 heterocycles. The Labute approximate surface area is 205 Å². The van der Waals surface area contributed by atoms with Crippen molar-refractivity contribution in [2.45, 2.75) is 25.1 Å². The van der Waals surface area contributed by atoms with E-state index in [0.29, 0.717) is 27.1 Å². The molecule has 3 rings (SSSR count). The quantitative estimate of drug-likeness (QED) is 0.517. The number of rotatable bonds is 8. The second-order valence-electron chi connectivity index (χ2n) is 7.19. The fourth-order valence-corrected chi connectivity index (χ4v) is 4.89. The Balaban J connectivity index is 1.63.